The molecule has 0 aromatic heterocycles. The maximum atomic E-state index is 12.2. The average Bonchev–Trinajstić information content (AvgIpc) is 2.81. The van der Waals surface area contributed by atoms with Crippen molar-refractivity contribution in [3.05, 3.63) is 0 Å². The van der Waals surface area contributed by atoms with Gasteiger partial charge in [-0.05, 0) is 12.8 Å². The Balaban J connectivity index is 2.04. The van der Waals surface area contributed by atoms with E-state index in [-0.39, 0.29) is 17.7 Å². The van der Waals surface area contributed by atoms with Crippen LogP contribution in [-0.2, 0) is 4.79 Å². The standard InChI is InChI=1S/C11H19N3O2/c12-11(16)14-6-5-13-7-9(14)10(15)8-3-1-2-4-8/h8-9,13H,1-7H2,(H2,12,16). The van der Waals surface area contributed by atoms with E-state index in [9.17, 15) is 9.59 Å². The van der Waals surface area contributed by atoms with Crippen LogP contribution in [0.1, 0.15) is 25.7 Å². The molecule has 1 aliphatic carbocycles. The van der Waals surface area contributed by atoms with E-state index in [2.05, 4.69) is 5.32 Å². The minimum absolute atomic E-state index is 0.145. The van der Waals surface area contributed by atoms with E-state index >= 15 is 0 Å². The summed E-state index contributed by atoms with van der Waals surface area (Å²) in [4.78, 5) is 25.0. The van der Waals surface area contributed by atoms with Crippen LogP contribution in [0.5, 0.6) is 0 Å². The maximum Gasteiger partial charge on any atom is 0.315 e. The maximum absolute atomic E-state index is 12.2. The smallest absolute Gasteiger partial charge is 0.315 e. The third-order valence-electron chi connectivity index (χ3n) is 3.61. The van der Waals surface area contributed by atoms with Gasteiger partial charge in [0.25, 0.3) is 0 Å². The van der Waals surface area contributed by atoms with E-state index in [1.165, 1.54) is 4.90 Å². The predicted octanol–water partition coefficient (Wildman–Crippen LogP) is 0.0982. The number of amides is 2. The number of hydrogen-bond donors (Lipinski definition) is 2. The monoisotopic (exact) mass is 225 g/mol. The van der Waals surface area contributed by atoms with Gasteiger partial charge in [0.05, 0.1) is 0 Å². The Morgan fingerprint density at radius 2 is 1.94 bits per heavy atom. The first-order chi connectivity index (χ1) is 7.70. The van der Waals surface area contributed by atoms with Crippen molar-refractivity contribution in [1.82, 2.24) is 10.2 Å². The number of nitrogens with two attached hydrogens (primary N) is 1. The summed E-state index contributed by atoms with van der Waals surface area (Å²) in [6, 6.07) is -0.813. The molecule has 2 aliphatic rings. The van der Waals surface area contributed by atoms with Crippen LogP contribution in [0.4, 0.5) is 4.79 Å². The van der Waals surface area contributed by atoms with E-state index in [0.29, 0.717) is 13.1 Å². The highest BCUT2D eigenvalue weighted by atomic mass is 16.2. The Bertz CT molecular complexity index is 287. The van der Waals surface area contributed by atoms with Crippen LogP contribution < -0.4 is 11.1 Å². The molecule has 3 N–H and O–H groups in total. The highest BCUT2D eigenvalue weighted by Crippen LogP contribution is 2.27. The van der Waals surface area contributed by atoms with E-state index in [1.807, 2.05) is 0 Å². The fourth-order valence-corrected chi connectivity index (χ4v) is 2.70. The summed E-state index contributed by atoms with van der Waals surface area (Å²) < 4.78 is 0. The Morgan fingerprint density at radius 1 is 1.25 bits per heavy atom. The number of hydrogen-bond acceptors (Lipinski definition) is 3. The lowest BCUT2D eigenvalue weighted by molar-refractivity contribution is -0.127. The molecule has 2 fully saturated rings. The van der Waals surface area contributed by atoms with Crippen LogP contribution in [0.3, 0.4) is 0 Å². The van der Waals surface area contributed by atoms with Gasteiger partial charge in [-0.25, -0.2) is 4.79 Å². The number of nitrogens with zero attached hydrogens (tertiary/aromatic N) is 1. The first kappa shape index (κ1) is 11.4. The summed E-state index contributed by atoms with van der Waals surface area (Å²) >= 11 is 0. The zero-order valence-corrected chi connectivity index (χ0v) is 9.45. The summed E-state index contributed by atoms with van der Waals surface area (Å²) in [5.74, 6) is 0.343. The van der Waals surface area contributed by atoms with Gasteiger partial charge >= 0.3 is 6.03 Å². The summed E-state index contributed by atoms with van der Waals surface area (Å²) in [5.41, 5.74) is 5.30. The van der Waals surface area contributed by atoms with Crippen LogP contribution >= 0.6 is 0 Å². The fourth-order valence-electron chi connectivity index (χ4n) is 2.70. The van der Waals surface area contributed by atoms with Gasteiger partial charge in [0, 0.05) is 25.6 Å². The first-order valence-electron chi connectivity index (χ1n) is 6.00. The minimum atomic E-state index is -0.474. The number of ketones is 1. The number of carbonyl (C=O) groups excluding carboxylic acids is 2. The largest absolute Gasteiger partial charge is 0.351 e. The Kier molecular flexibility index (Phi) is 3.43. The number of primary amides is 1. The zero-order chi connectivity index (χ0) is 11.5. The van der Waals surface area contributed by atoms with Gasteiger partial charge in [-0.15, -0.1) is 0 Å². The minimum Gasteiger partial charge on any atom is -0.351 e. The van der Waals surface area contributed by atoms with Crippen molar-refractivity contribution in [2.75, 3.05) is 19.6 Å². The van der Waals surface area contributed by atoms with Gasteiger partial charge in [0.1, 0.15) is 6.04 Å². The molecule has 0 spiro atoms. The summed E-state index contributed by atoms with van der Waals surface area (Å²) in [7, 11) is 0. The molecular weight excluding hydrogens is 206 g/mol. The number of urea groups is 1. The van der Waals surface area contributed by atoms with Gasteiger partial charge in [0.15, 0.2) is 5.78 Å². The molecule has 1 saturated carbocycles. The molecule has 1 aliphatic heterocycles. The molecule has 1 saturated heterocycles. The van der Waals surface area contributed by atoms with Crippen molar-refractivity contribution in [3.8, 4) is 0 Å². The van der Waals surface area contributed by atoms with Crippen molar-refractivity contribution in [2.24, 2.45) is 11.7 Å². The number of nitrogens with one attached hydrogen (secondary N) is 1. The summed E-state index contributed by atoms with van der Waals surface area (Å²) in [5, 5.41) is 3.15. The lowest BCUT2D eigenvalue weighted by Gasteiger charge is -2.35. The predicted molar refractivity (Wildman–Crippen MR) is 59.9 cm³/mol. The van der Waals surface area contributed by atoms with E-state index in [0.717, 1.165) is 32.2 Å². The second kappa shape index (κ2) is 4.82. The Hall–Kier alpha value is -1.10. The zero-order valence-electron chi connectivity index (χ0n) is 9.45. The molecule has 1 heterocycles. The van der Waals surface area contributed by atoms with E-state index in [4.69, 9.17) is 5.73 Å². The molecule has 16 heavy (non-hydrogen) atoms. The molecule has 0 bridgehead atoms. The highest BCUT2D eigenvalue weighted by Gasteiger charge is 2.35. The van der Waals surface area contributed by atoms with Crippen LogP contribution in [0.15, 0.2) is 0 Å². The van der Waals surface area contributed by atoms with E-state index in [1.54, 1.807) is 0 Å². The van der Waals surface area contributed by atoms with Crippen LogP contribution in [0.25, 0.3) is 0 Å². The Morgan fingerprint density at radius 3 is 2.56 bits per heavy atom. The number of rotatable bonds is 2. The molecule has 2 rings (SSSR count). The van der Waals surface area contributed by atoms with E-state index < -0.39 is 6.03 Å². The molecule has 1 unspecified atom stereocenters. The molecule has 5 nitrogen and oxygen atoms in total. The molecule has 90 valence electrons. The third kappa shape index (κ3) is 2.19. The van der Waals surface area contributed by atoms with Crippen LogP contribution in [0.2, 0.25) is 0 Å². The van der Waals surface area contributed by atoms with Crippen molar-refractivity contribution in [3.63, 3.8) is 0 Å². The molecule has 0 aromatic rings. The summed E-state index contributed by atoms with van der Waals surface area (Å²) in [6.07, 6.45) is 4.21. The number of Topliss-reactive ketones (excluding diaryl/α,β-unsaturated/α-hetero) is 1. The molecule has 2 amide bonds. The van der Waals surface area contributed by atoms with Gasteiger partial charge in [-0.1, -0.05) is 12.8 Å². The number of carbonyl (C=O) groups is 2. The molecule has 1 atom stereocenters. The fraction of sp³-hybridized carbons (Fsp3) is 0.818. The van der Waals surface area contributed by atoms with Gasteiger partial charge in [-0.2, -0.15) is 0 Å². The van der Waals surface area contributed by atoms with Crippen molar-refractivity contribution in [1.29, 1.82) is 0 Å². The van der Waals surface area contributed by atoms with Gasteiger partial charge in [0.2, 0.25) is 0 Å². The second-order valence-corrected chi connectivity index (χ2v) is 4.64. The molecule has 0 radical (unpaired) electrons. The van der Waals surface area contributed by atoms with Gasteiger partial charge in [-0.3, -0.25) is 4.79 Å². The molecular formula is C11H19N3O2. The van der Waals surface area contributed by atoms with Crippen molar-refractivity contribution >= 4 is 11.8 Å². The topological polar surface area (TPSA) is 75.4 Å². The molecule has 0 aromatic carbocycles. The number of piperazine rings is 1. The lowest BCUT2D eigenvalue weighted by atomic mass is 9.94. The van der Waals surface area contributed by atoms with Crippen LogP contribution in [0, 0.1) is 5.92 Å². The third-order valence-corrected chi connectivity index (χ3v) is 3.61. The SMILES string of the molecule is NC(=O)N1CCNCC1C(=O)C1CCCC1. The van der Waals surface area contributed by atoms with Crippen molar-refractivity contribution in [2.45, 2.75) is 31.7 Å². The lowest BCUT2D eigenvalue weighted by Crippen LogP contribution is -2.59. The molecule has 5 heteroatoms. The summed E-state index contributed by atoms with van der Waals surface area (Å²) in [6.45, 7) is 1.81. The quantitative estimate of drug-likeness (QED) is 0.699. The first-order valence-corrected chi connectivity index (χ1v) is 6.00. The normalized spacial score (nSPS) is 27.0. The second-order valence-electron chi connectivity index (χ2n) is 4.64. The highest BCUT2D eigenvalue weighted by molar-refractivity contribution is 5.90. The average molecular weight is 225 g/mol. The van der Waals surface area contributed by atoms with Crippen LogP contribution in [-0.4, -0.2) is 42.4 Å². The Labute approximate surface area is 95.3 Å². The van der Waals surface area contributed by atoms with Crippen molar-refractivity contribution < 1.29 is 9.59 Å². The van der Waals surface area contributed by atoms with Gasteiger partial charge < -0.3 is 16.0 Å².